The molecule has 0 amide bonds. The smallest absolute Gasteiger partial charge is 0.307 e. The van der Waals surface area contributed by atoms with Crippen molar-refractivity contribution in [1.29, 1.82) is 0 Å². The zero-order valence-corrected chi connectivity index (χ0v) is 14.4. The van der Waals surface area contributed by atoms with Crippen LogP contribution in [0.2, 0.25) is 0 Å². The first-order valence-electron chi connectivity index (χ1n) is 8.26. The van der Waals surface area contributed by atoms with Gasteiger partial charge in [-0.25, -0.2) is 0 Å². The highest BCUT2D eigenvalue weighted by Crippen LogP contribution is 2.18. The third kappa shape index (κ3) is 9.01. The van der Waals surface area contributed by atoms with E-state index in [1.54, 1.807) is 20.8 Å². The lowest BCUT2D eigenvalue weighted by molar-refractivity contribution is -0.160. The first-order valence-corrected chi connectivity index (χ1v) is 8.26. The van der Waals surface area contributed by atoms with Gasteiger partial charge in [-0.3, -0.25) is 9.59 Å². The summed E-state index contributed by atoms with van der Waals surface area (Å²) in [5.74, 6) is -2.00. The Morgan fingerprint density at radius 3 is 2.30 bits per heavy atom. The average molecular weight is 320 g/mol. The van der Waals surface area contributed by atoms with Gasteiger partial charge < -0.3 is 9.84 Å². The van der Waals surface area contributed by atoms with E-state index in [0.29, 0.717) is 6.42 Å². The van der Waals surface area contributed by atoms with E-state index in [9.17, 15) is 14.7 Å². The summed E-state index contributed by atoms with van der Waals surface area (Å²) in [6.07, 6.45) is 4.28. The second kappa shape index (κ2) is 9.33. The number of carbonyl (C=O) groups excluding carboxylic acids is 1. The molecule has 1 aromatic rings. The fourth-order valence-corrected chi connectivity index (χ4v) is 2.44. The SMILES string of the molecule is CC(C)(C)OC(=O)C[C@H](CCCCCc1ccccc1)C(=O)O. The van der Waals surface area contributed by atoms with Crippen LogP contribution in [-0.4, -0.2) is 22.6 Å². The maximum atomic E-state index is 11.8. The first kappa shape index (κ1) is 19.2. The first-order chi connectivity index (χ1) is 10.8. The lowest BCUT2D eigenvalue weighted by atomic mass is 9.97. The van der Waals surface area contributed by atoms with E-state index in [0.717, 1.165) is 25.7 Å². The van der Waals surface area contributed by atoms with Crippen LogP contribution in [-0.2, 0) is 20.7 Å². The van der Waals surface area contributed by atoms with E-state index in [4.69, 9.17) is 4.74 Å². The van der Waals surface area contributed by atoms with Crippen LogP contribution in [0.4, 0.5) is 0 Å². The third-order valence-electron chi connectivity index (χ3n) is 3.54. The molecule has 0 spiro atoms. The minimum atomic E-state index is -0.918. The summed E-state index contributed by atoms with van der Waals surface area (Å²) in [5, 5.41) is 9.25. The summed E-state index contributed by atoms with van der Waals surface area (Å²) >= 11 is 0. The maximum Gasteiger partial charge on any atom is 0.307 e. The molecule has 0 aliphatic rings. The summed E-state index contributed by atoms with van der Waals surface area (Å²) in [6.45, 7) is 5.35. The van der Waals surface area contributed by atoms with Crippen LogP contribution in [0.15, 0.2) is 30.3 Å². The lowest BCUT2D eigenvalue weighted by Crippen LogP contribution is -2.27. The van der Waals surface area contributed by atoms with Crippen LogP contribution >= 0.6 is 0 Å². The van der Waals surface area contributed by atoms with E-state index in [1.807, 2.05) is 18.2 Å². The number of esters is 1. The summed E-state index contributed by atoms with van der Waals surface area (Å²) in [7, 11) is 0. The van der Waals surface area contributed by atoms with Gasteiger partial charge in [0, 0.05) is 0 Å². The minimum Gasteiger partial charge on any atom is -0.481 e. The molecule has 23 heavy (non-hydrogen) atoms. The van der Waals surface area contributed by atoms with Crippen molar-refractivity contribution in [3.63, 3.8) is 0 Å². The Morgan fingerprint density at radius 2 is 1.74 bits per heavy atom. The van der Waals surface area contributed by atoms with Gasteiger partial charge in [0.05, 0.1) is 12.3 Å². The topological polar surface area (TPSA) is 63.6 Å². The van der Waals surface area contributed by atoms with Gasteiger partial charge in [-0.05, 0) is 45.6 Å². The fourth-order valence-electron chi connectivity index (χ4n) is 2.44. The summed E-state index contributed by atoms with van der Waals surface area (Å²) in [4.78, 5) is 23.0. The van der Waals surface area contributed by atoms with Gasteiger partial charge in [-0.15, -0.1) is 0 Å². The second-order valence-electron chi connectivity index (χ2n) is 6.91. The van der Waals surface area contributed by atoms with Crippen molar-refractivity contribution in [3.8, 4) is 0 Å². The van der Waals surface area contributed by atoms with Crippen molar-refractivity contribution in [2.75, 3.05) is 0 Å². The number of carbonyl (C=O) groups is 2. The number of carboxylic acids is 1. The van der Waals surface area contributed by atoms with Gasteiger partial charge in [-0.1, -0.05) is 43.2 Å². The average Bonchev–Trinajstić information content (AvgIpc) is 2.44. The molecule has 1 aromatic carbocycles. The Labute approximate surface area is 138 Å². The highest BCUT2D eigenvalue weighted by Gasteiger charge is 2.24. The van der Waals surface area contributed by atoms with E-state index in [2.05, 4.69) is 12.1 Å². The summed E-state index contributed by atoms with van der Waals surface area (Å²) in [5.41, 5.74) is 0.728. The Kier molecular flexibility index (Phi) is 7.79. The Hall–Kier alpha value is -1.84. The predicted molar refractivity (Wildman–Crippen MR) is 90.2 cm³/mol. The quantitative estimate of drug-likeness (QED) is 0.546. The van der Waals surface area contributed by atoms with Crippen molar-refractivity contribution in [2.45, 2.75) is 64.9 Å². The molecule has 0 radical (unpaired) electrons. The molecule has 0 saturated carbocycles. The number of hydrogen-bond donors (Lipinski definition) is 1. The van der Waals surface area contributed by atoms with Gasteiger partial charge in [0.1, 0.15) is 5.60 Å². The number of aliphatic carboxylic acids is 1. The molecule has 0 saturated heterocycles. The number of aryl methyl sites for hydroxylation is 1. The van der Waals surface area contributed by atoms with Crippen LogP contribution in [0.5, 0.6) is 0 Å². The summed E-state index contributed by atoms with van der Waals surface area (Å²) in [6, 6.07) is 10.2. The molecule has 0 heterocycles. The number of unbranched alkanes of at least 4 members (excludes halogenated alkanes) is 2. The molecule has 0 aliphatic heterocycles. The van der Waals surface area contributed by atoms with Crippen molar-refractivity contribution in [3.05, 3.63) is 35.9 Å². The number of carboxylic acid groups (broad SMARTS) is 1. The summed E-state index contributed by atoms with van der Waals surface area (Å²) < 4.78 is 5.20. The predicted octanol–water partition coefficient (Wildman–Crippen LogP) is 4.22. The van der Waals surface area contributed by atoms with E-state index in [1.165, 1.54) is 5.56 Å². The number of hydrogen-bond acceptors (Lipinski definition) is 3. The van der Waals surface area contributed by atoms with E-state index in [-0.39, 0.29) is 6.42 Å². The number of benzene rings is 1. The Bertz CT molecular complexity index is 488. The fraction of sp³-hybridized carbons (Fsp3) is 0.579. The van der Waals surface area contributed by atoms with E-state index < -0.39 is 23.5 Å². The van der Waals surface area contributed by atoms with Crippen LogP contribution < -0.4 is 0 Å². The molecule has 0 unspecified atom stereocenters. The van der Waals surface area contributed by atoms with Crippen LogP contribution in [0.3, 0.4) is 0 Å². The molecule has 0 fully saturated rings. The molecule has 128 valence electrons. The minimum absolute atomic E-state index is 0.0503. The number of ether oxygens (including phenoxy) is 1. The van der Waals surface area contributed by atoms with Crippen LogP contribution in [0.25, 0.3) is 0 Å². The normalized spacial score (nSPS) is 12.7. The molecule has 4 heteroatoms. The molecule has 1 rings (SSSR count). The van der Waals surface area contributed by atoms with Gasteiger partial charge in [0.25, 0.3) is 0 Å². The Balaban J connectivity index is 2.28. The number of rotatable bonds is 9. The highest BCUT2D eigenvalue weighted by molar-refractivity contribution is 5.78. The molecule has 4 nitrogen and oxygen atoms in total. The molecule has 1 atom stereocenters. The molecular weight excluding hydrogens is 292 g/mol. The lowest BCUT2D eigenvalue weighted by Gasteiger charge is -2.21. The molecule has 0 aliphatic carbocycles. The second-order valence-corrected chi connectivity index (χ2v) is 6.91. The van der Waals surface area contributed by atoms with Crippen LogP contribution in [0.1, 0.15) is 58.4 Å². The van der Waals surface area contributed by atoms with Crippen molar-refractivity contribution in [2.24, 2.45) is 5.92 Å². The zero-order chi connectivity index (χ0) is 17.3. The van der Waals surface area contributed by atoms with Crippen molar-refractivity contribution < 1.29 is 19.4 Å². The van der Waals surface area contributed by atoms with Gasteiger partial charge in [0.2, 0.25) is 0 Å². The standard InChI is InChI=1S/C19H28O4/c1-19(2,3)23-17(20)14-16(18(21)22)13-9-5-8-12-15-10-6-4-7-11-15/h4,6-7,10-11,16H,5,8-9,12-14H2,1-3H3,(H,21,22)/t16-/m0/s1. The van der Waals surface area contributed by atoms with E-state index >= 15 is 0 Å². The zero-order valence-electron chi connectivity index (χ0n) is 14.4. The van der Waals surface area contributed by atoms with Gasteiger partial charge in [0.15, 0.2) is 0 Å². The molecular formula is C19H28O4. The maximum absolute atomic E-state index is 11.8. The van der Waals surface area contributed by atoms with Crippen molar-refractivity contribution in [1.82, 2.24) is 0 Å². The van der Waals surface area contributed by atoms with Crippen molar-refractivity contribution >= 4 is 11.9 Å². The van der Waals surface area contributed by atoms with Crippen LogP contribution in [0, 0.1) is 5.92 Å². The van der Waals surface area contributed by atoms with Gasteiger partial charge in [-0.2, -0.15) is 0 Å². The highest BCUT2D eigenvalue weighted by atomic mass is 16.6. The molecule has 1 N–H and O–H groups in total. The third-order valence-corrected chi connectivity index (χ3v) is 3.54. The Morgan fingerprint density at radius 1 is 1.09 bits per heavy atom. The molecule has 0 aromatic heterocycles. The monoisotopic (exact) mass is 320 g/mol. The molecule has 0 bridgehead atoms. The largest absolute Gasteiger partial charge is 0.481 e. The van der Waals surface area contributed by atoms with Gasteiger partial charge >= 0.3 is 11.9 Å².